The number of carbonyl (C=O) groups excluding carboxylic acids is 2. The Hall–Kier alpha value is -1.50. The van der Waals surface area contributed by atoms with Crippen molar-refractivity contribution in [3.63, 3.8) is 0 Å². The van der Waals surface area contributed by atoms with E-state index >= 15 is 0 Å². The fourth-order valence-electron chi connectivity index (χ4n) is 1.05. The number of unbranched alkanes of at least 4 members (excludes halogenated alkanes) is 2. The molecule has 2 N–H and O–H groups in total. The quantitative estimate of drug-likeness (QED) is 0.493. The van der Waals surface area contributed by atoms with E-state index in [-0.39, 0.29) is 11.8 Å². The van der Waals surface area contributed by atoms with E-state index in [0.717, 1.165) is 19.3 Å². The first-order chi connectivity index (χ1) is 7.16. The summed E-state index contributed by atoms with van der Waals surface area (Å²) >= 11 is 0. The lowest BCUT2D eigenvalue weighted by molar-refractivity contribution is -0.119. The van der Waals surface area contributed by atoms with Gasteiger partial charge in [0.1, 0.15) is 0 Å². The monoisotopic (exact) mass is 210 g/mol. The molecule has 2 amide bonds. The summed E-state index contributed by atoms with van der Waals surface area (Å²) in [5.74, 6) is 4.72. The van der Waals surface area contributed by atoms with Crippen LogP contribution in [0.4, 0.5) is 0 Å². The first-order valence-electron chi connectivity index (χ1n) is 5.12. The minimum atomic E-state index is -0.223. The Labute approximate surface area is 90.8 Å². The molecule has 0 rings (SSSR count). The van der Waals surface area contributed by atoms with Crippen molar-refractivity contribution in [3.8, 4) is 11.8 Å². The lowest BCUT2D eigenvalue weighted by atomic mass is 10.2. The zero-order chi connectivity index (χ0) is 11.5. The van der Waals surface area contributed by atoms with Crippen LogP contribution in [0, 0.1) is 11.8 Å². The van der Waals surface area contributed by atoms with E-state index in [2.05, 4.69) is 22.5 Å². The first kappa shape index (κ1) is 13.5. The van der Waals surface area contributed by atoms with Gasteiger partial charge in [-0.25, -0.2) is 0 Å². The molecule has 0 aliphatic rings. The predicted octanol–water partition coefficient (Wildman–Crippen LogP) is 0.432. The van der Waals surface area contributed by atoms with Crippen LogP contribution in [0.25, 0.3) is 0 Å². The first-order valence-corrected chi connectivity index (χ1v) is 5.12. The third-order valence-corrected chi connectivity index (χ3v) is 1.75. The van der Waals surface area contributed by atoms with E-state index < -0.39 is 0 Å². The Morgan fingerprint density at radius 1 is 1.07 bits per heavy atom. The smallest absolute Gasteiger partial charge is 0.295 e. The lowest BCUT2D eigenvalue weighted by Gasteiger charge is -2.02. The van der Waals surface area contributed by atoms with Gasteiger partial charge in [0.15, 0.2) is 0 Å². The maximum Gasteiger partial charge on any atom is 0.295 e. The molecule has 4 nitrogen and oxygen atoms in total. The molecule has 0 spiro atoms. The van der Waals surface area contributed by atoms with Gasteiger partial charge in [0.25, 0.3) is 5.91 Å². The topological polar surface area (TPSA) is 58.2 Å². The normalized spacial score (nSPS) is 8.67. The molecule has 0 aliphatic heterocycles. The summed E-state index contributed by atoms with van der Waals surface area (Å²) in [4.78, 5) is 21.4. The van der Waals surface area contributed by atoms with Crippen molar-refractivity contribution in [2.45, 2.75) is 33.1 Å². The SMILES string of the molecule is CC#CC(=O)NCCCCCNC(C)=O. The van der Waals surface area contributed by atoms with Crippen LogP contribution in [0.2, 0.25) is 0 Å². The van der Waals surface area contributed by atoms with Gasteiger partial charge in [-0.2, -0.15) is 0 Å². The summed E-state index contributed by atoms with van der Waals surface area (Å²) in [7, 11) is 0. The lowest BCUT2D eigenvalue weighted by Crippen LogP contribution is -2.23. The van der Waals surface area contributed by atoms with Gasteiger partial charge >= 0.3 is 0 Å². The molecule has 0 bridgehead atoms. The zero-order valence-electron chi connectivity index (χ0n) is 9.35. The van der Waals surface area contributed by atoms with Crippen molar-refractivity contribution >= 4 is 11.8 Å². The van der Waals surface area contributed by atoms with Crippen LogP contribution < -0.4 is 10.6 Å². The molecule has 0 aliphatic carbocycles. The second-order valence-corrected chi connectivity index (χ2v) is 3.17. The zero-order valence-corrected chi connectivity index (χ0v) is 9.35. The Morgan fingerprint density at radius 3 is 2.20 bits per heavy atom. The molecule has 4 heteroatoms. The fraction of sp³-hybridized carbons (Fsp3) is 0.636. The summed E-state index contributed by atoms with van der Waals surface area (Å²) in [6.07, 6.45) is 2.84. The molecule has 84 valence electrons. The van der Waals surface area contributed by atoms with Crippen molar-refractivity contribution in [1.29, 1.82) is 0 Å². The molecule has 0 aromatic rings. The molecule has 0 unspecified atom stereocenters. The maximum atomic E-state index is 10.9. The van der Waals surface area contributed by atoms with Gasteiger partial charge < -0.3 is 10.6 Å². The Morgan fingerprint density at radius 2 is 1.67 bits per heavy atom. The summed E-state index contributed by atoms with van der Waals surface area (Å²) < 4.78 is 0. The highest BCUT2D eigenvalue weighted by Gasteiger charge is 1.94. The Kier molecular flexibility index (Phi) is 8.16. The van der Waals surface area contributed by atoms with Crippen molar-refractivity contribution in [3.05, 3.63) is 0 Å². The van der Waals surface area contributed by atoms with E-state index in [4.69, 9.17) is 0 Å². The molecular weight excluding hydrogens is 192 g/mol. The van der Waals surface area contributed by atoms with E-state index in [1.807, 2.05) is 0 Å². The van der Waals surface area contributed by atoms with Crippen LogP contribution in [0.15, 0.2) is 0 Å². The van der Waals surface area contributed by atoms with Crippen molar-refractivity contribution in [2.24, 2.45) is 0 Å². The van der Waals surface area contributed by atoms with Crippen LogP contribution in [-0.4, -0.2) is 24.9 Å². The molecule has 0 aromatic carbocycles. The molecule has 0 saturated heterocycles. The molecule has 0 saturated carbocycles. The van der Waals surface area contributed by atoms with Crippen LogP contribution in [-0.2, 0) is 9.59 Å². The standard InChI is InChI=1S/C11H18N2O2/c1-3-7-11(15)13-9-6-4-5-8-12-10(2)14/h4-6,8-9H2,1-2H3,(H,12,14)(H,13,15). The highest BCUT2D eigenvalue weighted by Crippen LogP contribution is 1.91. The van der Waals surface area contributed by atoms with Crippen LogP contribution >= 0.6 is 0 Å². The second-order valence-electron chi connectivity index (χ2n) is 3.17. The predicted molar refractivity (Wildman–Crippen MR) is 59.0 cm³/mol. The van der Waals surface area contributed by atoms with Gasteiger partial charge in [-0.05, 0) is 32.1 Å². The number of hydrogen-bond acceptors (Lipinski definition) is 2. The summed E-state index contributed by atoms with van der Waals surface area (Å²) in [5, 5.41) is 5.40. The molecule has 0 radical (unpaired) electrons. The molecular formula is C11H18N2O2. The fourth-order valence-corrected chi connectivity index (χ4v) is 1.05. The van der Waals surface area contributed by atoms with E-state index in [9.17, 15) is 9.59 Å². The van der Waals surface area contributed by atoms with Crippen LogP contribution in [0.5, 0.6) is 0 Å². The number of carbonyl (C=O) groups is 2. The summed E-state index contributed by atoms with van der Waals surface area (Å²) in [6.45, 7) is 4.49. The summed E-state index contributed by atoms with van der Waals surface area (Å²) in [5.41, 5.74) is 0. The van der Waals surface area contributed by atoms with Crippen molar-refractivity contribution in [1.82, 2.24) is 10.6 Å². The average Bonchev–Trinajstić information content (AvgIpc) is 2.16. The van der Waals surface area contributed by atoms with Gasteiger partial charge in [0.05, 0.1) is 0 Å². The molecule has 0 aromatic heterocycles. The highest BCUT2D eigenvalue weighted by atomic mass is 16.2. The van der Waals surface area contributed by atoms with Gasteiger partial charge in [-0.3, -0.25) is 9.59 Å². The summed E-state index contributed by atoms with van der Waals surface area (Å²) in [6, 6.07) is 0. The van der Waals surface area contributed by atoms with E-state index in [0.29, 0.717) is 13.1 Å². The van der Waals surface area contributed by atoms with E-state index in [1.165, 1.54) is 6.92 Å². The third kappa shape index (κ3) is 10.4. The molecule has 0 fully saturated rings. The van der Waals surface area contributed by atoms with E-state index in [1.54, 1.807) is 6.92 Å². The maximum absolute atomic E-state index is 10.9. The molecule has 0 heterocycles. The molecule has 15 heavy (non-hydrogen) atoms. The van der Waals surface area contributed by atoms with Gasteiger partial charge in [0.2, 0.25) is 5.91 Å². The van der Waals surface area contributed by atoms with Gasteiger partial charge in [-0.15, -0.1) is 0 Å². The third-order valence-electron chi connectivity index (χ3n) is 1.75. The highest BCUT2D eigenvalue weighted by molar-refractivity contribution is 5.93. The second kappa shape index (κ2) is 9.07. The number of hydrogen-bond donors (Lipinski definition) is 2. The number of rotatable bonds is 6. The minimum Gasteiger partial charge on any atom is -0.356 e. The number of nitrogens with one attached hydrogen (secondary N) is 2. The Bertz CT molecular complexity index is 263. The average molecular weight is 210 g/mol. The Balaban J connectivity index is 3.20. The largest absolute Gasteiger partial charge is 0.356 e. The minimum absolute atomic E-state index is 0.00141. The van der Waals surface area contributed by atoms with Crippen LogP contribution in [0.3, 0.4) is 0 Å². The molecule has 0 atom stereocenters. The number of amides is 2. The van der Waals surface area contributed by atoms with Gasteiger partial charge in [0, 0.05) is 20.0 Å². The van der Waals surface area contributed by atoms with Crippen molar-refractivity contribution < 1.29 is 9.59 Å². The van der Waals surface area contributed by atoms with Crippen molar-refractivity contribution in [2.75, 3.05) is 13.1 Å². The van der Waals surface area contributed by atoms with Gasteiger partial charge in [-0.1, -0.05) is 5.92 Å². The van der Waals surface area contributed by atoms with Crippen LogP contribution in [0.1, 0.15) is 33.1 Å².